The lowest BCUT2D eigenvalue weighted by Crippen LogP contribution is -2.29. The van der Waals surface area contributed by atoms with Crippen molar-refractivity contribution in [2.45, 2.75) is 44.3 Å². The Kier molecular flexibility index (Phi) is 9.74. The molecule has 8 nitrogen and oxygen atoms in total. The first kappa shape index (κ1) is 30.3. The van der Waals surface area contributed by atoms with Gasteiger partial charge in [-0.3, -0.25) is 0 Å². The van der Waals surface area contributed by atoms with Gasteiger partial charge in [0.05, 0.1) is 12.2 Å². The molecule has 0 fully saturated rings. The smallest absolute Gasteiger partial charge is 0.338 e. The van der Waals surface area contributed by atoms with Crippen LogP contribution < -0.4 is 14.8 Å². The summed E-state index contributed by atoms with van der Waals surface area (Å²) in [7, 11) is 0. The normalized spacial score (nSPS) is 14.1. The first-order chi connectivity index (χ1) is 20.9. The summed E-state index contributed by atoms with van der Waals surface area (Å²) in [6.45, 7) is 10.4. The summed E-state index contributed by atoms with van der Waals surface area (Å²) in [5, 5.41) is 9.29. The number of thioether (sulfide) groups is 1. The monoisotopic (exact) mass is 616 g/mol. The number of nitrogens with zero attached hydrogens (tertiary/aromatic N) is 3. The summed E-state index contributed by atoms with van der Waals surface area (Å²) in [6.07, 6.45) is 1.54. The van der Waals surface area contributed by atoms with Gasteiger partial charge in [-0.2, -0.15) is 4.98 Å². The standard InChI is InChI=1S/C33H33ClN4O4S/c1-5-17-41-31(39)29-22(4)35-32-36-33(43-20-25-13-9-10-14-26(25)34)37-38(32)30(29)23-15-16-27(28(18-23)40-6-2)42-19-24-12-8-7-11-21(24)3/h5,7-16,18,30H,1,6,17,19-20H2,2-4H3,(H,35,36,37). The first-order valence-corrected chi connectivity index (χ1v) is 15.3. The number of allylic oxidation sites excluding steroid dienone is 1. The van der Waals surface area contributed by atoms with E-state index in [1.807, 2.05) is 74.5 Å². The van der Waals surface area contributed by atoms with E-state index in [0.29, 0.717) is 57.9 Å². The van der Waals surface area contributed by atoms with Gasteiger partial charge in [0.1, 0.15) is 19.3 Å². The van der Waals surface area contributed by atoms with Crippen LogP contribution in [0.25, 0.3) is 0 Å². The number of rotatable bonds is 12. The molecule has 2 heterocycles. The van der Waals surface area contributed by atoms with Crippen LogP contribution in [0.4, 0.5) is 5.95 Å². The maximum absolute atomic E-state index is 13.4. The molecular formula is C33H33ClN4O4S. The number of aromatic nitrogens is 3. The third-order valence-corrected chi connectivity index (χ3v) is 8.18. The molecule has 0 bridgehead atoms. The van der Waals surface area contributed by atoms with E-state index in [9.17, 15) is 4.79 Å². The van der Waals surface area contributed by atoms with Crippen LogP contribution in [0.3, 0.4) is 0 Å². The van der Waals surface area contributed by atoms with E-state index >= 15 is 0 Å². The van der Waals surface area contributed by atoms with Crippen molar-refractivity contribution in [1.29, 1.82) is 0 Å². The number of benzene rings is 3. The summed E-state index contributed by atoms with van der Waals surface area (Å²) in [5.41, 5.74) is 5.03. The van der Waals surface area contributed by atoms with Crippen LogP contribution in [-0.4, -0.2) is 33.9 Å². The second-order valence-corrected chi connectivity index (χ2v) is 11.2. The van der Waals surface area contributed by atoms with Crippen molar-refractivity contribution >= 4 is 35.3 Å². The third kappa shape index (κ3) is 6.89. The Bertz CT molecular complexity index is 1670. The Labute approximate surface area is 260 Å². The molecule has 3 aromatic carbocycles. The number of carbonyl (C=O) groups excluding carboxylic acids is 1. The molecule has 4 aromatic rings. The molecule has 1 atom stereocenters. The molecule has 5 rings (SSSR count). The fraction of sp³-hybridized carbons (Fsp3) is 0.242. The van der Waals surface area contributed by atoms with Crippen LogP contribution in [0.15, 0.2) is 95.8 Å². The van der Waals surface area contributed by atoms with Crippen LogP contribution in [-0.2, 0) is 21.9 Å². The van der Waals surface area contributed by atoms with E-state index in [0.717, 1.165) is 22.3 Å². The minimum Gasteiger partial charge on any atom is -0.490 e. The predicted molar refractivity (Wildman–Crippen MR) is 170 cm³/mol. The van der Waals surface area contributed by atoms with E-state index in [1.165, 1.54) is 17.8 Å². The molecule has 0 amide bonds. The molecule has 222 valence electrons. The van der Waals surface area contributed by atoms with Crippen LogP contribution in [0, 0.1) is 6.92 Å². The van der Waals surface area contributed by atoms with Crippen molar-refractivity contribution in [2.75, 3.05) is 18.5 Å². The zero-order valence-electron chi connectivity index (χ0n) is 24.3. The number of carbonyl (C=O) groups is 1. The summed E-state index contributed by atoms with van der Waals surface area (Å²) >= 11 is 7.83. The summed E-state index contributed by atoms with van der Waals surface area (Å²) in [5.74, 6) is 1.81. The fourth-order valence-electron chi connectivity index (χ4n) is 4.75. The molecule has 10 heteroatoms. The number of aryl methyl sites for hydroxylation is 1. The highest BCUT2D eigenvalue weighted by Gasteiger charge is 2.36. The summed E-state index contributed by atoms with van der Waals surface area (Å²) in [4.78, 5) is 18.1. The average molecular weight is 617 g/mol. The second kappa shape index (κ2) is 13.8. The van der Waals surface area contributed by atoms with E-state index in [-0.39, 0.29) is 6.61 Å². The van der Waals surface area contributed by atoms with Crippen LogP contribution in [0.2, 0.25) is 5.02 Å². The number of hydrogen-bond donors (Lipinski definition) is 1. The molecule has 0 spiro atoms. The zero-order valence-corrected chi connectivity index (χ0v) is 25.9. The topological polar surface area (TPSA) is 87.5 Å². The SMILES string of the molecule is C=CCOC(=O)C1=C(C)Nc2nc(SCc3ccccc3Cl)nn2C1c1ccc(OCc2ccccc2C)c(OCC)c1. The molecule has 1 aromatic heterocycles. The van der Waals surface area contributed by atoms with Gasteiger partial charge < -0.3 is 19.5 Å². The lowest BCUT2D eigenvalue weighted by atomic mass is 9.95. The summed E-state index contributed by atoms with van der Waals surface area (Å²) in [6, 6.07) is 20.8. The first-order valence-electron chi connectivity index (χ1n) is 13.9. The zero-order chi connectivity index (χ0) is 30.3. The summed E-state index contributed by atoms with van der Waals surface area (Å²) < 4.78 is 19.4. The van der Waals surface area contributed by atoms with E-state index < -0.39 is 12.0 Å². The number of fused-ring (bicyclic) bond motifs is 1. The van der Waals surface area contributed by atoms with Gasteiger partial charge in [-0.05, 0) is 61.2 Å². The van der Waals surface area contributed by atoms with E-state index in [2.05, 4.69) is 24.9 Å². The van der Waals surface area contributed by atoms with Crippen molar-refractivity contribution in [2.24, 2.45) is 0 Å². The van der Waals surface area contributed by atoms with Crippen molar-refractivity contribution in [3.8, 4) is 11.5 Å². The lowest BCUT2D eigenvalue weighted by Gasteiger charge is -2.28. The highest BCUT2D eigenvalue weighted by molar-refractivity contribution is 7.98. The van der Waals surface area contributed by atoms with Gasteiger partial charge in [0.2, 0.25) is 11.1 Å². The van der Waals surface area contributed by atoms with E-state index in [1.54, 1.807) is 4.68 Å². The number of esters is 1. The van der Waals surface area contributed by atoms with Crippen molar-refractivity contribution < 1.29 is 19.0 Å². The maximum Gasteiger partial charge on any atom is 0.338 e. The lowest BCUT2D eigenvalue weighted by molar-refractivity contribution is -0.138. The predicted octanol–water partition coefficient (Wildman–Crippen LogP) is 7.53. The van der Waals surface area contributed by atoms with Gasteiger partial charge in [-0.25, -0.2) is 9.48 Å². The minimum atomic E-state index is -0.625. The molecular weight excluding hydrogens is 584 g/mol. The average Bonchev–Trinajstić information content (AvgIpc) is 3.41. The Morgan fingerprint density at radius 2 is 1.84 bits per heavy atom. The van der Waals surface area contributed by atoms with E-state index in [4.69, 9.17) is 35.9 Å². The van der Waals surface area contributed by atoms with Crippen LogP contribution in [0.5, 0.6) is 11.5 Å². The Morgan fingerprint density at radius 3 is 2.58 bits per heavy atom. The van der Waals surface area contributed by atoms with Crippen LogP contribution >= 0.6 is 23.4 Å². The van der Waals surface area contributed by atoms with Gasteiger partial charge in [-0.15, -0.1) is 5.10 Å². The molecule has 1 aliphatic heterocycles. The van der Waals surface area contributed by atoms with Crippen molar-refractivity contribution in [3.05, 3.63) is 118 Å². The highest BCUT2D eigenvalue weighted by atomic mass is 35.5. The molecule has 0 radical (unpaired) electrons. The molecule has 43 heavy (non-hydrogen) atoms. The number of anilines is 1. The molecule has 0 saturated heterocycles. The Hall–Kier alpha value is -4.21. The molecule has 1 unspecified atom stereocenters. The van der Waals surface area contributed by atoms with Gasteiger partial charge in [0, 0.05) is 16.5 Å². The number of nitrogens with one attached hydrogen (secondary N) is 1. The van der Waals surface area contributed by atoms with Crippen molar-refractivity contribution in [3.63, 3.8) is 0 Å². The number of hydrogen-bond acceptors (Lipinski definition) is 8. The molecule has 1 aliphatic rings. The molecule has 0 aliphatic carbocycles. The second-order valence-electron chi connectivity index (χ2n) is 9.85. The number of ether oxygens (including phenoxy) is 3. The Morgan fingerprint density at radius 1 is 1.07 bits per heavy atom. The Balaban J connectivity index is 1.50. The van der Waals surface area contributed by atoms with Crippen molar-refractivity contribution in [1.82, 2.24) is 14.8 Å². The van der Waals surface area contributed by atoms with Crippen LogP contribution in [0.1, 0.15) is 42.1 Å². The van der Waals surface area contributed by atoms with Gasteiger partial charge in [-0.1, -0.05) is 84.5 Å². The molecule has 0 saturated carbocycles. The third-order valence-electron chi connectivity index (χ3n) is 6.93. The fourth-order valence-corrected chi connectivity index (χ4v) is 5.86. The maximum atomic E-state index is 13.4. The highest BCUT2D eigenvalue weighted by Crippen LogP contribution is 2.40. The molecule has 1 N–H and O–H groups in total. The minimum absolute atomic E-state index is 0.0847. The van der Waals surface area contributed by atoms with Gasteiger partial charge in [0.25, 0.3) is 0 Å². The van der Waals surface area contributed by atoms with Gasteiger partial charge >= 0.3 is 5.97 Å². The van der Waals surface area contributed by atoms with Gasteiger partial charge in [0.15, 0.2) is 11.5 Å². The number of halogens is 1. The largest absolute Gasteiger partial charge is 0.490 e. The quantitative estimate of drug-likeness (QED) is 0.0993.